The van der Waals surface area contributed by atoms with Crippen LogP contribution in [0.3, 0.4) is 0 Å². The van der Waals surface area contributed by atoms with E-state index >= 15 is 0 Å². The van der Waals surface area contributed by atoms with Gasteiger partial charge in [-0.2, -0.15) is 5.10 Å². The van der Waals surface area contributed by atoms with Crippen molar-refractivity contribution in [3.63, 3.8) is 0 Å². The lowest BCUT2D eigenvalue weighted by Gasteiger charge is -2.05. The van der Waals surface area contributed by atoms with E-state index in [4.69, 9.17) is 0 Å². The summed E-state index contributed by atoms with van der Waals surface area (Å²) in [5.74, 6) is 0.616. The number of hydrazone groups is 1. The molecule has 1 heterocycles. The number of para-hydroxylation sites is 2. The zero-order chi connectivity index (χ0) is 16.8. The normalized spacial score (nSPS) is 11.5. The van der Waals surface area contributed by atoms with Crippen LogP contribution in [0.4, 0.5) is 0 Å². The van der Waals surface area contributed by atoms with Crippen LogP contribution in [0.2, 0.25) is 0 Å². The Hall–Kier alpha value is -3.21. The average molecular weight is 318 g/mol. The number of nitrogens with one attached hydrogen (secondary N) is 1. The first-order chi connectivity index (χ1) is 11.7. The molecule has 0 saturated heterocycles. The number of fused-ring (bicyclic) bond motifs is 1. The summed E-state index contributed by atoms with van der Waals surface area (Å²) < 4.78 is 1.87. The lowest BCUT2D eigenvalue weighted by atomic mass is 10.2. The molecule has 0 fully saturated rings. The highest BCUT2D eigenvalue weighted by Crippen LogP contribution is 2.14. The highest BCUT2D eigenvalue weighted by Gasteiger charge is 2.09. The number of amides is 1. The van der Waals surface area contributed by atoms with E-state index in [1.807, 2.05) is 72.2 Å². The minimum atomic E-state index is -0.189. The summed E-state index contributed by atoms with van der Waals surface area (Å²) in [6.45, 7) is 2.07. The van der Waals surface area contributed by atoms with Crippen LogP contribution < -0.4 is 5.43 Å². The van der Waals surface area contributed by atoms with Crippen LogP contribution in [-0.4, -0.2) is 21.7 Å². The quantitative estimate of drug-likeness (QED) is 0.580. The maximum Gasteiger partial charge on any atom is 0.260 e. The van der Waals surface area contributed by atoms with Gasteiger partial charge in [0.15, 0.2) is 0 Å². The molecule has 120 valence electrons. The van der Waals surface area contributed by atoms with Crippen molar-refractivity contribution in [2.45, 2.75) is 13.5 Å². The van der Waals surface area contributed by atoms with Gasteiger partial charge in [0.2, 0.25) is 0 Å². The fourth-order valence-electron chi connectivity index (χ4n) is 2.45. The Bertz CT molecular complexity index is 894. The number of benzene rings is 2. The Morgan fingerprint density at radius 1 is 1.17 bits per heavy atom. The second-order valence-corrected chi connectivity index (χ2v) is 5.32. The Morgan fingerprint density at radius 2 is 1.92 bits per heavy atom. The Morgan fingerprint density at radius 3 is 2.75 bits per heavy atom. The number of allylic oxidation sites excluding steroid dienone is 1. The maximum atomic E-state index is 12.0. The first kappa shape index (κ1) is 15.7. The summed E-state index contributed by atoms with van der Waals surface area (Å²) in [5, 5.41) is 3.93. The van der Waals surface area contributed by atoms with E-state index in [0.717, 1.165) is 22.4 Å². The third-order valence-corrected chi connectivity index (χ3v) is 3.59. The van der Waals surface area contributed by atoms with Crippen molar-refractivity contribution in [2.75, 3.05) is 0 Å². The number of rotatable bonds is 5. The number of nitrogens with zero attached hydrogens (tertiary/aromatic N) is 3. The van der Waals surface area contributed by atoms with E-state index in [1.165, 1.54) is 0 Å². The predicted octanol–water partition coefficient (Wildman–Crippen LogP) is 3.16. The van der Waals surface area contributed by atoms with E-state index in [2.05, 4.69) is 15.5 Å². The largest absolute Gasteiger partial charge is 0.319 e. The standard InChI is InChI=1S/C19H18N4O/c1-15-21-17-11-5-6-12-18(17)23(15)14-19(24)22-20-13-7-10-16-8-3-2-4-9-16/h2-13H,14H2,1H3,(H,22,24)/b10-7+,20-13+. The van der Waals surface area contributed by atoms with Gasteiger partial charge < -0.3 is 4.57 Å². The summed E-state index contributed by atoms with van der Waals surface area (Å²) in [5.41, 5.74) is 5.44. The van der Waals surface area contributed by atoms with Crippen molar-refractivity contribution < 1.29 is 4.79 Å². The molecule has 3 rings (SSSR count). The highest BCUT2D eigenvalue weighted by atomic mass is 16.2. The topological polar surface area (TPSA) is 59.3 Å². The first-order valence-electron chi connectivity index (χ1n) is 7.69. The van der Waals surface area contributed by atoms with E-state index in [0.29, 0.717) is 0 Å². The van der Waals surface area contributed by atoms with Gasteiger partial charge in [-0.25, -0.2) is 10.4 Å². The van der Waals surface area contributed by atoms with E-state index in [9.17, 15) is 4.79 Å². The van der Waals surface area contributed by atoms with E-state index in [-0.39, 0.29) is 12.5 Å². The van der Waals surface area contributed by atoms with Gasteiger partial charge in [-0.15, -0.1) is 0 Å². The van der Waals surface area contributed by atoms with Crippen molar-refractivity contribution >= 4 is 29.2 Å². The molecular formula is C19H18N4O. The first-order valence-corrected chi connectivity index (χ1v) is 7.69. The maximum absolute atomic E-state index is 12.0. The fourth-order valence-corrected chi connectivity index (χ4v) is 2.45. The minimum absolute atomic E-state index is 0.187. The molecule has 0 aliphatic heterocycles. The molecule has 3 aromatic rings. The molecule has 0 atom stereocenters. The van der Waals surface area contributed by atoms with E-state index in [1.54, 1.807) is 12.3 Å². The summed E-state index contributed by atoms with van der Waals surface area (Å²) in [6.07, 6.45) is 5.26. The predicted molar refractivity (Wildman–Crippen MR) is 96.6 cm³/mol. The van der Waals surface area contributed by atoms with Crippen LogP contribution >= 0.6 is 0 Å². The zero-order valence-corrected chi connectivity index (χ0v) is 13.4. The monoisotopic (exact) mass is 318 g/mol. The molecule has 1 N–H and O–H groups in total. The lowest BCUT2D eigenvalue weighted by Crippen LogP contribution is -2.23. The van der Waals surface area contributed by atoms with Crippen molar-refractivity contribution in [3.8, 4) is 0 Å². The zero-order valence-electron chi connectivity index (χ0n) is 13.4. The lowest BCUT2D eigenvalue weighted by molar-refractivity contribution is -0.121. The van der Waals surface area contributed by atoms with Gasteiger partial charge in [0.25, 0.3) is 5.91 Å². The summed E-state index contributed by atoms with van der Waals surface area (Å²) in [4.78, 5) is 16.5. The van der Waals surface area contributed by atoms with Crippen molar-refractivity contribution in [1.82, 2.24) is 15.0 Å². The number of hydrogen-bond donors (Lipinski definition) is 1. The molecule has 0 saturated carbocycles. The molecule has 5 heteroatoms. The molecule has 1 aromatic heterocycles. The number of aryl methyl sites for hydroxylation is 1. The van der Waals surface area contributed by atoms with E-state index < -0.39 is 0 Å². The number of carbonyl (C=O) groups is 1. The molecular weight excluding hydrogens is 300 g/mol. The summed E-state index contributed by atoms with van der Waals surface area (Å²) in [6, 6.07) is 17.6. The van der Waals surface area contributed by atoms with Gasteiger partial charge >= 0.3 is 0 Å². The van der Waals surface area contributed by atoms with Crippen LogP contribution in [0.1, 0.15) is 11.4 Å². The van der Waals surface area contributed by atoms with Gasteiger partial charge in [0, 0.05) is 6.21 Å². The molecule has 2 aromatic carbocycles. The van der Waals surface area contributed by atoms with Gasteiger partial charge in [-0.3, -0.25) is 4.79 Å². The van der Waals surface area contributed by atoms with Crippen LogP contribution in [0.15, 0.2) is 65.8 Å². The van der Waals surface area contributed by atoms with Gasteiger partial charge in [-0.1, -0.05) is 48.5 Å². The highest BCUT2D eigenvalue weighted by molar-refractivity contribution is 5.83. The molecule has 5 nitrogen and oxygen atoms in total. The number of aromatic nitrogens is 2. The van der Waals surface area contributed by atoms with Crippen molar-refractivity contribution in [1.29, 1.82) is 0 Å². The minimum Gasteiger partial charge on any atom is -0.319 e. The number of carbonyl (C=O) groups excluding carboxylic acids is 1. The Kier molecular flexibility index (Phi) is 4.81. The SMILES string of the molecule is Cc1nc2ccccc2n1CC(=O)N/N=C/C=C/c1ccccc1. The van der Waals surface area contributed by atoms with Gasteiger partial charge in [-0.05, 0) is 30.7 Å². The van der Waals surface area contributed by atoms with Crippen LogP contribution in [0.25, 0.3) is 17.1 Å². The van der Waals surface area contributed by atoms with Gasteiger partial charge in [0.05, 0.1) is 11.0 Å². The number of imidazole rings is 1. The Balaban J connectivity index is 1.58. The summed E-state index contributed by atoms with van der Waals surface area (Å²) >= 11 is 0. The third kappa shape index (κ3) is 3.76. The summed E-state index contributed by atoms with van der Waals surface area (Å²) in [7, 11) is 0. The van der Waals surface area contributed by atoms with Gasteiger partial charge in [0.1, 0.15) is 12.4 Å². The molecule has 0 unspecified atom stereocenters. The molecule has 1 amide bonds. The second-order valence-electron chi connectivity index (χ2n) is 5.32. The molecule has 0 aliphatic rings. The van der Waals surface area contributed by atoms with Crippen LogP contribution in [-0.2, 0) is 11.3 Å². The van der Waals surface area contributed by atoms with Crippen LogP contribution in [0.5, 0.6) is 0 Å². The fraction of sp³-hybridized carbons (Fsp3) is 0.105. The second kappa shape index (κ2) is 7.37. The molecule has 0 radical (unpaired) electrons. The molecule has 24 heavy (non-hydrogen) atoms. The third-order valence-electron chi connectivity index (χ3n) is 3.59. The van der Waals surface area contributed by atoms with Crippen molar-refractivity contribution in [3.05, 3.63) is 72.1 Å². The number of hydrogen-bond acceptors (Lipinski definition) is 3. The molecule has 0 aliphatic carbocycles. The average Bonchev–Trinajstić information content (AvgIpc) is 2.91. The molecule has 0 bridgehead atoms. The van der Waals surface area contributed by atoms with Crippen LogP contribution in [0, 0.1) is 6.92 Å². The Labute approximate surface area is 140 Å². The smallest absolute Gasteiger partial charge is 0.260 e. The molecule has 0 spiro atoms. The van der Waals surface area contributed by atoms with Crippen molar-refractivity contribution in [2.24, 2.45) is 5.10 Å².